The van der Waals surface area contributed by atoms with Crippen molar-refractivity contribution in [2.75, 3.05) is 4.72 Å². The summed E-state index contributed by atoms with van der Waals surface area (Å²) < 4.78 is 40.3. The SMILES string of the molecule is Cc1ccc(S(=O)(=O)Nc2c(OC(C)C)ccc3c4c(c(=O)oc23)CCCC4)cc1. The van der Waals surface area contributed by atoms with E-state index in [1.165, 1.54) is 0 Å². The van der Waals surface area contributed by atoms with Crippen LogP contribution in [0, 0.1) is 6.92 Å². The number of aryl methyl sites for hydroxylation is 2. The lowest BCUT2D eigenvalue weighted by atomic mass is 9.90. The van der Waals surface area contributed by atoms with E-state index in [1.54, 1.807) is 30.3 Å². The van der Waals surface area contributed by atoms with Crippen molar-refractivity contribution in [1.29, 1.82) is 0 Å². The highest BCUT2D eigenvalue weighted by Crippen LogP contribution is 2.38. The Morgan fingerprint density at radius 2 is 1.67 bits per heavy atom. The molecule has 0 spiro atoms. The monoisotopic (exact) mass is 427 g/mol. The number of hydrogen-bond donors (Lipinski definition) is 1. The summed E-state index contributed by atoms with van der Waals surface area (Å²) in [6.45, 7) is 5.60. The number of nitrogens with one attached hydrogen (secondary N) is 1. The summed E-state index contributed by atoms with van der Waals surface area (Å²) in [4.78, 5) is 12.8. The number of ether oxygens (including phenoxy) is 1. The molecule has 30 heavy (non-hydrogen) atoms. The highest BCUT2D eigenvalue weighted by molar-refractivity contribution is 7.92. The van der Waals surface area contributed by atoms with Gasteiger partial charge in [-0.15, -0.1) is 0 Å². The third-order valence-corrected chi connectivity index (χ3v) is 6.65. The number of benzene rings is 2. The Bertz CT molecular complexity index is 1260. The molecule has 0 bridgehead atoms. The van der Waals surface area contributed by atoms with Crippen LogP contribution >= 0.6 is 0 Å². The molecule has 1 aliphatic rings. The van der Waals surface area contributed by atoms with E-state index in [0.29, 0.717) is 17.7 Å². The van der Waals surface area contributed by atoms with Gasteiger partial charge in [0.05, 0.1) is 11.0 Å². The van der Waals surface area contributed by atoms with Crippen molar-refractivity contribution in [3.63, 3.8) is 0 Å². The lowest BCUT2D eigenvalue weighted by Crippen LogP contribution is -2.19. The highest BCUT2D eigenvalue weighted by Gasteiger charge is 2.25. The predicted octanol–water partition coefficient (Wildman–Crippen LogP) is 4.57. The van der Waals surface area contributed by atoms with Crippen LogP contribution in [0.5, 0.6) is 5.75 Å². The molecular formula is C23H25NO5S. The van der Waals surface area contributed by atoms with Crippen LogP contribution in [0.1, 0.15) is 43.4 Å². The van der Waals surface area contributed by atoms with Gasteiger partial charge in [0.1, 0.15) is 11.4 Å². The van der Waals surface area contributed by atoms with E-state index < -0.39 is 15.6 Å². The minimum absolute atomic E-state index is 0.126. The highest BCUT2D eigenvalue weighted by atomic mass is 32.2. The first-order valence-electron chi connectivity index (χ1n) is 10.1. The third kappa shape index (κ3) is 3.81. The van der Waals surface area contributed by atoms with Crippen LogP contribution in [0.25, 0.3) is 11.0 Å². The summed E-state index contributed by atoms with van der Waals surface area (Å²) in [5, 5.41) is 0.752. The molecule has 0 saturated carbocycles. The first-order chi connectivity index (χ1) is 14.3. The fourth-order valence-corrected chi connectivity index (χ4v) is 4.92. The van der Waals surface area contributed by atoms with Crippen molar-refractivity contribution >= 4 is 26.7 Å². The fraction of sp³-hybridized carbons (Fsp3) is 0.348. The van der Waals surface area contributed by atoms with Gasteiger partial charge in [-0.2, -0.15) is 0 Å². The first-order valence-corrected chi connectivity index (χ1v) is 11.6. The van der Waals surface area contributed by atoms with Gasteiger partial charge in [-0.25, -0.2) is 13.2 Å². The molecule has 1 aliphatic carbocycles. The Hall–Kier alpha value is -2.80. The third-order valence-electron chi connectivity index (χ3n) is 5.28. The smallest absolute Gasteiger partial charge is 0.339 e. The van der Waals surface area contributed by atoms with Gasteiger partial charge < -0.3 is 9.15 Å². The molecule has 1 heterocycles. The van der Waals surface area contributed by atoms with Crippen molar-refractivity contribution in [2.24, 2.45) is 0 Å². The number of sulfonamides is 1. The molecule has 3 aromatic rings. The van der Waals surface area contributed by atoms with Crippen LogP contribution in [0.15, 0.2) is 50.5 Å². The van der Waals surface area contributed by atoms with E-state index in [9.17, 15) is 13.2 Å². The van der Waals surface area contributed by atoms with Gasteiger partial charge in [-0.05, 0) is 76.3 Å². The largest absolute Gasteiger partial charge is 0.489 e. The zero-order valence-corrected chi connectivity index (χ0v) is 18.1. The first kappa shape index (κ1) is 20.5. The van der Waals surface area contributed by atoms with E-state index in [1.807, 2.05) is 26.8 Å². The maximum atomic E-state index is 13.1. The van der Waals surface area contributed by atoms with Crippen LogP contribution in [0.2, 0.25) is 0 Å². The van der Waals surface area contributed by atoms with Crippen LogP contribution in [-0.4, -0.2) is 14.5 Å². The van der Waals surface area contributed by atoms with E-state index in [4.69, 9.17) is 9.15 Å². The average Bonchev–Trinajstić information content (AvgIpc) is 2.70. The molecule has 0 fully saturated rings. The van der Waals surface area contributed by atoms with Gasteiger partial charge in [-0.3, -0.25) is 4.72 Å². The Morgan fingerprint density at radius 3 is 2.33 bits per heavy atom. The lowest BCUT2D eigenvalue weighted by Gasteiger charge is -2.20. The minimum Gasteiger partial charge on any atom is -0.489 e. The number of hydrogen-bond acceptors (Lipinski definition) is 5. The number of rotatable bonds is 5. The van der Waals surface area contributed by atoms with E-state index >= 15 is 0 Å². The van der Waals surface area contributed by atoms with Crippen LogP contribution in [0.4, 0.5) is 5.69 Å². The van der Waals surface area contributed by atoms with E-state index in [0.717, 1.165) is 35.8 Å². The van der Waals surface area contributed by atoms with Gasteiger partial charge in [-0.1, -0.05) is 17.7 Å². The summed E-state index contributed by atoms with van der Waals surface area (Å²) in [5.74, 6) is 0.326. The van der Waals surface area contributed by atoms with Gasteiger partial charge in [0.25, 0.3) is 10.0 Å². The number of anilines is 1. The molecule has 0 amide bonds. The van der Waals surface area contributed by atoms with Crippen molar-refractivity contribution in [1.82, 2.24) is 0 Å². The second-order valence-electron chi connectivity index (χ2n) is 7.95. The molecule has 0 saturated heterocycles. The van der Waals surface area contributed by atoms with Crippen molar-refractivity contribution in [2.45, 2.75) is 57.5 Å². The summed E-state index contributed by atoms with van der Waals surface area (Å²) in [5.41, 5.74) is 2.56. The molecule has 0 radical (unpaired) electrons. The zero-order valence-electron chi connectivity index (χ0n) is 17.3. The molecule has 0 aliphatic heterocycles. The normalized spacial score (nSPS) is 14.0. The average molecular weight is 428 g/mol. The summed E-state index contributed by atoms with van der Waals surface area (Å²) >= 11 is 0. The van der Waals surface area contributed by atoms with Crippen LogP contribution in [0.3, 0.4) is 0 Å². The van der Waals surface area contributed by atoms with Crippen LogP contribution < -0.4 is 15.1 Å². The summed E-state index contributed by atoms with van der Waals surface area (Å²) in [6.07, 6.45) is 3.20. The van der Waals surface area contributed by atoms with Crippen molar-refractivity contribution in [3.05, 3.63) is 63.5 Å². The van der Waals surface area contributed by atoms with Gasteiger partial charge in [0.15, 0.2) is 5.58 Å². The fourth-order valence-electron chi connectivity index (χ4n) is 3.85. The van der Waals surface area contributed by atoms with Gasteiger partial charge >= 0.3 is 5.63 Å². The maximum Gasteiger partial charge on any atom is 0.339 e. The second kappa shape index (κ2) is 7.80. The standard InChI is InChI=1S/C23H25NO5S/c1-14(2)28-20-13-12-18-17-6-4-5-7-19(17)23(25)29-22(18)21(20)24-30(26,27)16-10-8-15(3)9-11-16/h8-14,24H,4-7H2,1-3H3. The lowest BCUT2D eigenvalue weighted by molar-refractivity contribution is 0.244. The zero-order chi connectivity index (χ0) is 21.5. The maximum absolute atomic E-state index is 13.1. The molecule has 158 valence electrons. The molecule has 0 atom stereocenters. The Kier molecular flexibility index (Phi) is 5.32. The quantitative estimate of drug-likeness (QED) is 0.603. The molecule has 1 N–H and O–H groups in total. The summed E-state index contributed by atoms with van der Waals surface area (Å²) in [7, 11) is -3.91. The predicted molar refractivity (Wildman–Crippen MR) is 117 cm³/mol. The molecule has 1 aromatic heterocycles. The Labute approximate surface area is 175 Å². The topological polar surface area (TPSA) is 85.6 Å². The molecular weight excluding hydrogens is 402 g/mol. The van der Waals surface area contributed by atoms with Gasteiger partial charge in [0.2, 0.25) is 0 Å². The molecule has 0 unspecified atom stereocenters. The van der Waals surface area contributed by atoms with E-state index in [2.05, 4.69) is 4.72 Å². The Morgan fingerprint density at radius 1 is 1.00 bits per heavy atom. The van der Waals surface area contributed by atoms with Crippen LogP contribution in [-0.2, 0) is 22.9 Å². The van der Waals surface area contributed by atoms with Crippen molar-refractivity contribution < 1.29 is 17.6 Å². The Balaban J connectivity index is 1.92. The minimum atomic E-state index is -3.91. The van der Waals surface area contributed by atoms with Crippen molar-refractivity contribution in [3.8, 4) is 5.75 Å². The van der Waals surface area contributed by atoms with E-state index in [-0.39, 0.29) is 22.3 Å². The second-order valence-corrected chi connectivity index (χ2v) is 9.64. The molecule has 6 nitrogen and oxygen atoms in total. The summed E-state index contributed by atoms with van der Waals surface area (Å²) in [6, 6.07) is 10.2. The number of fused-ring (bicyclic) bond motifs is 3. The molecule has 2 aromatic carbocycles. The molecule has 4 rings (SSSR count). The molecule has 7 heteroatoms. The van der Waals surface area contributed by atoms with Gasteiger partial charge in [0, 0.05) is 10.9 Å².